The number of benzene rings is 1. The summed E-state index contributed by atoms with van der Waals surface area (Å²) in [6.45, 7) is 7.73. The molecule has 0 fully saturated rings. The molecule has 4 nitrogen and oxygen atoms in total. The van der Waals surface area contributed by atoms with Gasteiger partial charge in [0.15, 0.2) is 0 Å². The number of nitrogens with zero attached hydrogens (tertiary/aromatic N) is 3. The average molecular weight is 335 g/mol. The smallest absolute Gasteiger partial charge is 0.227 e. The van der Waals surface area contributed by atoms with Crippen molar-refractivity contribution in [2.45, 2.75) is 46.3 Å². The Labute approximate surface area is 149 Å². The Morgan fingerprint density at radius 2 is 2.00 bits per heavy atom. The first kappa shape index (κ1) is 17.4. The number of para-hydroxylation sites is 1. The van der Waals surface area contributed by atoms with E-state index in [2.05, 4.69) is 35.9 Å². The second kappa shape index (κ2) is 7.62. The second-order valence-electron chi connectivity index (χ2n) is 6.58. The molecule has 0 saturated carbocycles. The molecule has 4 heteroatoms. The summed E-state index contributed by atoms with van der Waals surface area (Å²) in [6, 6.07) is 12.7. The Morgan fingerprint density at radius 1 is 1.20 bits per heavy atom. The third kappa shape index (κ3) is 3.80. The van der Waals surface area contributed by atoms with E-state index >= 15 is 0 Å². The predicted molar refractivity (Wildman–Crippen MR) is 101 cm³/mol. The Morgan fingerprint density at radius 3 is 2.68 bits per heavy atom. The van der Waals surface area contributed by atoms with Crippen LogP contribution in [0.2, 0.25) is 0 Å². The molecule has 0 aliphatic carbocycles. The van der Waals surface area contributed by atoms with Crippen LogP contribution in [0.3, 0.4) is 0 Å². The van der Waals surface area contributed by atoms with Crippen molar-refractivity contribution in [3.05, 3.63) is 66.1 Å². The molecule has 130 valence electrons. The Kier molecular flexibility index (Phi) is 5.29. The zero-order valence-electron chi connectivity index (χ0n) is 15.1. The SMILES string of the molecule is CC[C@@H](C)N(Cc1cccnc1)Cc1cn(C(C)=O)c2ccccc12. The molecule has 0 unspecified atom stereocenters. The van der Waals surface area contributed by atoms with Gasteiger partial charge in [0.1, 0.15) is 0 Å². The van der Waals surface area contributed by atoms with Crippen LogP contribution in [0.15, 0.2) is 55.0 Å². The topological polar surface area (TPSA) is 38.1 Å². The van der Waals surface area contributed by atoms with Crippen LogP contribution in [0.25, 0.3) is 10.9 Å². The average Bonchev–Trinajstić information content (AvgIpc) is 3.00. The van der Waals surface area contributed by atoms with Gasteiger partial charge < -0.3 is 0 Å². The molecule has 0 radical (unpaired) electrons. The van der Waals surface area contributed by atoms with E-state index in [0.29, 0.717) is 6.04 Å². The first-order chi connectivity index (χ1) is 12.1. The van der Waals surface area contributed by atoms with Crippen LogP contribution in [0.5, 0.6) is 0 Å². The van der Waals surface area contributed by atoms with E-state index in [1.165, 1.54) is 11.1 Å². The summed E-state index contributed by atoms with van der Waals surface area (Å²) in [7, 11) is 0. The van der Waals surface area contributed by atoms with Gasteiger partial charge in [-0.2, -0.15) is 0 Å². The van der Waals surface area contributed by atoms with E-state index in [1.807, 2.05) is 36.7 Å². The standard InChI is InChI=1S/C21H25N3O/c1-4-16(2)23(13-18-8-7-11-22-12-18)14-19-15-24(17(3)25)21-10-6-5-9-20(19)21/h5-12,15-16H,4,13-14H2,1-3H3/t16-/m1/s1. The van der Waals surface area contributed by atoms with E-state index < -0.39 is 0 Å². The molecule has 25 heavy (non-hydrogen) atoms. The summed E-state index contributed by atoms with van der Waals surface area (Å²) in [6.07, 6.45) is 6.79. The van der Waals surface area contributed by atoms with Crippen molar-refractivity contribution < 1.29 is 4.79 Å². The highest BCUT2D eigenvalue weighted by Gasteiger charge is 2.17. The van der Waals surface area contributed by atoms with Gasteiger partial charge in [0.25, 0.3) is 0 Å². The molecule has 0 N–H and O–H groups in total. The highest BCUT2D eigenvalue weighted by atomic mass is 16.1. The first-order valence-electron chi connectivity index (χ1n) is 8.83. The van der Waals surface area contributed by atoms with E-state index in [4.69, 9.17) is 0 Å². The maximum atomic E-state index is 12.0. The van der Waals surface area contributed by atoms with Crippen molar-refractivity contribution in [3.8, 4) is 0 Å². The summed E-state index contributed by atoms with van der Waals surface area (Å²) in [4.78, 5) is 18.7. The minimum atomic E-state index is 0.0461. The Bertz CT molecular complexity index is 854. The van der Waals surface area contributed by atoms with Crippen molar-refractivity contribution in [2.75, 3.05) is 0 Å². The molecule has 3 rings (SSSR count). The quantitative estimate of drug-likeness (QED) is 0.666. The Balaban J connectivity index is 1.94. The molecule has 1 aromatic carbocycles. The van der Waals surface area contributed by atoms with Crippen molar-refractivity contribution in [3.63, 3.8) is 0 Å². The predicted octanol–water partition coefficient (Wildman–Crippen LogP) is 4.50. The van der Waals surface area contributed by atoms with Gasteiger partial charge in [0.2, 0.25) is 5.91 Å². The van der Waals surface area contributed by atoms with Crippen LogP contribution in [0, 0.1) is 0 Å². The zero-order chi connectivity index (χ0) is 17.8. The molecular weight excluding hydrogens is 310 g/mol. The monoisotopic (exact) mass is 335 g/mol. The number of hydrogen-bond donors (Lipinski definition) is 0. The summed E-state index contributed by atoms with van der Waals surface area (Å²) < 4.78 is 1.75. The van der Waals surface area contributed by atoms with Crippen LogP contribution in [0.4, 0.5) is 0 Å². The fourth-order valence-corrected chi connectivity index (χ4v) is 3.21. The number of pyridine rings is 1. The normalized spacial score (nSPS) is 12.6. The lowest BCUT2D eigenvalue weighted by Crippen LogP contribution is -2.31. The van der Waals surface area contributed by atoms with E-state index in [0.717, 1.165) is 30.4 Å². The lowest BCUT2D eigenvalue weighted by atomic mass is 10.1. The van der Waals surface area contributed by atoms with Gasteiger partial charge in [-0.05, 0) is 36.6 Å². The maximum Gasteiger partial charge on any atom is 0.227 e. The number of hydrogen-bond acceptors (Lipinski definition) is 3. The summed E-state index contributed by atoms with van der Waals surface area (Å²) in [5.41, 5.74) is 3.38. The van der Waals surface area contributed by atoms with Gasteiger partial charge in [0, 0.05) is 50.0 Å². The molecule has 1 atom stereocenters. The van der Waals surface area contributed by atoms with Gasteiger partial charge >= 0.3 is 0 Å². The van der Waals surface area contributed by atoms with Gasteiger partial charge in [-0.3, -0.25) is 19.2 Å². The van der Waals surface area contributed by atoms with Gasteiger partial charge in [-0.1, -0.05) is 31.2 Å². The number of carbonyl (C=O) groups excluding carboxylic acids is 1. The molecular formula is C21H25N3O. The summed E-state index contributed by atoms with van der Waals surface area (Å²) >= 11 is 0. The molecule has 0 aliphatic heterocycles. The number of carbonyl (C=O) groups is 1. The van der Waals surface area contributed by atoms with Crippen LogP contribution >= 0.6 is 0 Å². The van der Waals surface area contributed by atoms with E-state index in [1.54, 1.807) is 17.7 Å². The number of aromatic nitrogens is 2. The van der Waals surface area contributed by atoms with Crippen molar-refractivity contribution in [2.24, 2.45) is 0 Å². The van der Waals surface area contributed by atoms with Crippen LogP contribution < -0.4 is 0 Å². The highest BCUT2D eigenvalue weighted by molar-refractivity contribution is 5.93. The van der Waals surface area contributed by atoms with Crippen LogP contribution in [0.1, 0.15) is 43.1 Å². The van der Waals surface area contributed by atoms with Crippen molar-refractivity contribution >= 4 is 16.8 Å². The third-order valence-electron chi connectivity index (χ3n) is 4.83. The minimum Gasteiger partial charge on any atom is -0.292 e. The van der Waals surface area contributed by atoms with E-state index in [9.17, 15) is 4.79 Å². The minimum absolute atomic E-state index is 0.0461. The van der Waals surface area contributed by atoms with Crippen molar-refractivity contribution in [1.82, 2.24) is 14.5 Å². The van der Waals surface area contributed by atoms with E-state index in [-0.39, 0.29) is 5.91 Å². The van der Waals surface area contributed by atoms with Gasteiger partial charge in [0.05, 0.1) is 5.52 Å². The maximum absolute atomic E-state index is 12.0. The highest BCUT2D eigenvalue weighted by Crippen LogP contribution is 2.24. The van der Waals surface area contributed by atoms with Crippen molar-refractivity contribution in [1.29, 1.82) is 0 Å². The molecule has 0 amide bonds. The number of rotatable bonds is 6. The largest absolute Gasteiger partial charge is 0.292 e. The third-order valence-corrected chi connectivity index (χ3v) is 4.83. The lowest BCUT2D eigenvalue weighted by molar-refractivity contribution is 0.0941. The fourth-order valence-electron chi connectivity index (χ4n) is 3.21. The second-order valence-corrected chi connectivity index (χ2v) is 6.58. The fraction of sp³-hybridized carbons (Fsp3) is 0.333. The van der Waals surface area contributed by atoms with Gasteiger partial charge in [-0.25, -0.2) is 0 Å². The molecule has 2 heterocycles. The molecule has 0 spiro atoms. The lowest BCUT2D eigenvalue weighted by Gasteiger charge is -2.28. The molecule has 3 aromatic rings. The van der Waals surface area contributed by atoms with Gasteiger partial charge in [-0.15, -0.1) is 0 Å². The van der Waals surface area contributed by atoms with Crippen LogP contribution in [-0.4, -0.2) is 26.4 Å². The molecule has 0 saturated heterocycles. The summed E-state index contributed by atoms with van der Waals surface area (Å²) in [5.74, 6) is 0.0461. The molecule has 0 aliphatic rings. The molecule has 0 bridgehead atoms. The van der Waals surface area contributed by atoms with Crippen LogP contribution in [-0.2, 0) is 13.1 Å². The Hall–Kier alpha value is -2.46. The molecule has 2 aromatic heterocycles. The first-order valence-corrected chi connectivity index (χ1v) is 8.83. The summed E-state index contributed by atoms with van der Waals surface area (Å²) in [5, 5.41) is 1.15. The number of fused-ring (bicyclic) bond motifs is 1. The zero-order valence-corrected chi connectivity index (χ0v) is 15.1.